The van der Waals surface area contributed by atoms with Gasteiger partial charge in [-0.1, -0.05) is 12.1 Å². The summed E-state index contributed by atoms with van der Waals surface area (Å²) in [6.07, 6.45) is 0.990. The number of halogens is 3. The number of benzene rings is 3. The van der Waals surface area contributed by atoms with E-state index in [4.69, 9.17) is 16.0 Å². The highest BCUT2D eigenvalue weighted by atomic mass is 19.1. The third kappa shape index (κ3) is 4.94. The summed E-state index contributed by atoms with van der Waals surface area (Å²) in [6, 6.07) is 10.4. The molecule has 4 rings (SSSR count). The second-order valence-corrected chi connectivity index (χ2v) is 7.87. The smallest absolute Gasteiger partial charge is 0.231 e. The van der Waals surface area contributed by atoms with Gasteiger partial charge in [0.1, 0.15) is 40.5 Å². The molecule has 0 amide bonds. The molecule has 0 aliphatic heterocycles. The summed E-state index contributed by atoms with van der Waals surface area (Å²) in [4.78, 5) is 20.2. The summed E-state index contributed by atoms with van der Waals surface area (Å²) >= 11 is 0. The number of ketones is 1. The lowest BCUT2D eigenvalue weighted by molar-refractivity contribution is -0.117. The van der Waals surface area contributed by atoms with Gasteiger partial charge >= 0.3 is 0 Å². The van der Waals surface area contributed by atoms with Gasteiger partial charge in [-0.2, -0.15) is 0 Å². The molecule has 0 fully saturated rings. The summed E-state index contributed by atoms with van der Waals surface area (Å²) in [7, 11) is 1.45. The first-order valence-electron chi connectivity index (χ1n) is 10.6. The lowest BCUT2D eigenvalue weighted by Gasteiger charge is -2.14. The standard InChI is InChI=1S/C27H19F3N2O3/c1-15-10-23-25(27(34-3)26(15)31-2)24(8-9-32-23)35-20-7-5-17(22(30)14-20)12-19(33)11-16-4-6-18(28)13-21(16)29/h4-10,13-14H,11-12H2,1,3H3. The summed E-state index contributed by atoms with van der Waals surface area (Å²) in [5, 5.41) is 0.479. The monoisotopic (exact) mass is 476 g/mol. The number of pyridine rings is 1. The molecular formula is C27H19F3N2O3. The number of carbonyl (C=O) groups is 1. The normalized spacial score (nSPS) is 10.7. The molecule has 0 atom stereocenters. The molecule has 3 aromatic carbocycles. The first-order valence-corrected chi connectivity index (χ1v) is 10.6. The summed E-state index contributed by atoms with van der Waals surface area (Å²) in [5.41, 5.74) is 1.75. The molecule has 0 saturated carbocycles. The fraction of sp³-hybridized carbons (Fsp3) is 0.148. The summed E-state index contributed by atoms with van der Waals surface area (Å²) < 4.78 is 53.0. The number of carbonyl (C=O) groups excluding carboxylic acids is 1. The van der Waals surface area contributed by atoms with Crippen molar-refractivity contribution in [1.82, 2.24) is 4.98 Å². The van der Waals surface area contributed by atoms with Crippen LogP contribution in [0, 0.1) is 30.9 Å². The zero-order valence-corrected chi connectivity index (χ0v) is 18.9. The average Bonchev–Trinajstić information content (AvgIpc) is 2.82. The topological polar surface area (TPSA) is 52.8 Å². The molecule has 1 aromatic heterocycles. The third-order valence-electron chi connectivity index (χ3n) is 5.47. The number of fused-ring (bicyclic) bond motifs is 1. The number of aryl methyl sites for hydroxylation is 1. The van der Waals surface area contributed by atoms with Crippen molar-refractivity contribution in [2.45, 2.75) is 19.8 Å². The van der Waals surface area contributed by atoms with Crippen molar-refractivity contribution in [3.63, 3.8) is 0 Å². The van der Waals surface area contributed by atoms with E-state index in [2.05, 4.69) is 9.83 Å². The zero-order chi connectivity index (χ0) is 25.1. The van der Waals surface area contributed by atoms with Crippen LogP contribution in [-0.2, 0) is 17.6 Å². The average molecular weight is 476 g/mol. The molecule has 0 radical (unpaired) electrons. The number of rotatable bonds is 7. The number of hydrogen-bond acceptors (Lipinski definition) is 4. The Hall–Kier alpha value is -4.38. The van der Waals surface area contributed by atoms with Crippen molar-refractivity contribution < 1.29 is 27.4 Å². The van der Waals surface area contributed by atoms with Crippen molar-refractivity contribution in [2.75, 3.05) is 7.11 Å². The van der Waals surface area contributed by atoms with Gasteiger partial charge in [0.25, 0.3) is 0 Å². The number of Topliss-reactive ketones (excluding diaryl/α,β-unsaturated/α-hetero) is 1. The SMILES string of the molecule is [C-]#[N+]c1c(C)cc2nccc(Oc3ccc(CC(=O)Cc4ccc(F)cc4F)c(F)c3)c2c1OC. The molecule has 0 spiro atoms. The maximum Gasteiger partial charge on any atom is 0.231 e. The molecule has 0 saturated heterocycles. The minimum atomic E-state index is -0.820. The van der Waals surface area contributed by atoms with Crippen LogP contribution >= 0.6 is 0 Å². The largest absolute Gasteiger partial charge is 0.507 e. The van der Waals surface area contributed by atoms with Crippen molar-refractivity contribution in [3.05, 3.63) is 100 Å². The van der Waals surface area contributed by atoms with Crippen LogP contribution < -0.4 is 9.47 Å². The van der Waals surface area contributed by atoms with Crippen LogP contribution in [0.25, 0.3) is 15.7 Å². The fourth-order valence-corrected chi connectivity index (χ4v) is 3.80. The van der Waals surface area contributed by atoms with Crippen molar-refractivity contribution in [2.24, 2.45) is 0 Å². The molecule has 0 unspecified atom stereocenters. The minimum Gasteiger partial charge on any atom is -0.507 e. The van der Waals surface area contributed by atoms with Crippen molar-refractivity contribution >= 4 is 22.4 Å². The van der Waals surface area contributed by atoms with Gasteiger partial charge in [-0.3, -0.25) is 9.78 Å². The molecule has 35 heavy (non-hydrogen) atoms. The quantitative estimate of drug-likeness (QED) is 0.280. The molecule has 5 nitrogen and oxygen atoms in total. The van der Waals surface area contributed by atoms with Crippen molar-refractivity contribution in [1.29, 1.82) is 0 Å². The summed E-state index contributed by atoms with van der Waals surface area (Å²) in [5.74, 6) is -1.84. The molecule has 0 aliphatic carbocycles. The van der Waals surface area contributed by atoms with Gasteiger partial charge in [-0.05, 0) is 47.9 Å². The van der Waals surface area contributed by atoms with Gasteiger partial charge in [-0.25, -0.2) is 18.0 Å². The molecule has 0 aliphatic rings. The van der Waals surface area contributed by atoms with E-state index < -0.39 is 23.2 Å². The maximum atomic E-state index is 14.8. The van der Waals surface area contributed by atoms with Crippen LogP contribution in [0.4, 0.5) is 18.9 Å². The number of methoxy groups -OCH3 is 1. The van der Waals surface area contributed by atoms with Crippen LogP contribution in [0.3, 0.4) is 0 Å². The zero-order valence-electron chi connectivity index (χ0n) is 18.9. The first kappa shape index (κ1) is 23.8. The van der Waals surface area contributed by atoms with Gasteiger partial charge in [0, 0.05) is 31.2 Å². The molecule has 8 heteroatoms. The van der Waals surface area contributed by atoms with E-state index in [0.717, 1.165) is 12.1 Å². The molecule has 0 N–H and O–H groups in total. The van der Waals surface area contributed by atoms with E-state index >= 15 is 0 Å². The van der Waals surface area contributed by atoms with Crippen LogP contribution in [0.5, 0.6) is 17.2 Å². The molecule has 176 valence electrons. The predicted molar refractivity (Wildman–Crippen MR) is 125 cm³/mol. The lowest BCUT2D eigenvalue weighted by Crippen LogP contribution is -2.09. The highest BCUT2D eigenvalue weighted by Gasteiger charge is 2.18. The van der Waals surface area contributed by atoms with Crippen LogP contribution in [0.2, 0.25) is 0 Å². The Balaban J connectivity index is 1.58. The van der Waals surface area contributed by atoms with Crippen LogP contribution in [0.1, 0.15) is 16.7 Å². The van der Waals surface area contributed by atoms with Gasteiger partial charge < -0.3 is 9.47 Å². The van der Waals surface area contributed by atoms with Gasteiger partial charge in [0.05, 0.1) is 24.6 Å². The van der Waals surface area contributed by atoms with Crippen molar-refractivity contribution in [3.8, 4) is 17.2 Å². The van der Waals surface area contributed by atoms with E-state index in [0.29, 0.717) is 39.7 Å². The van der Waals surface area contributed by atoms with Gasteiger partial charge in [0.15, 0.2) is 0 Å². The highest BCUT2D eigenvalue weighted by molar-refractivity contribution is 5.97. The fourth-order valence-electron chi connectivity index (χ4n) is 3.80. The molecule has 1 heterocycles. The lowest BCUT2D eigenvalue weighted by atomic mass is 10.0. The Kier molecular flexibility index (Phi) is 6.69. The van der Waals surface area contributed by atoms with Crippen LogP contribution in [-0.4, -0.2) is 17.9 Å². The van der Waals surface area contributed by atoms with Gasteiger partial charge in [-0.15, -0.1) is 0 Å². The Labute approximate surface area is 199 Å². The molecule has 4 aromatic rings. The summed E-state index contributed by atoms with van der Waals surface area (Å²) in [6.45, 7) is 9.25. The molecular weight excluding hydrogens is 457 g/mol. The second kappa shape index (κ2) is 9.85. The minimum absolute atomic E-state index is 0.0456. The number of hydrogen-bond donors (Lipinski definition) is 0. The number of aromatic nitrogens is 1. The van der Waals surface area contributed by atoms with E-state index in [1.165, 1.54) is 31.5 Å². The number of nitrogens with zero attached hydrogens (tertiary/aromatic N) is 2. The predicted octanol–water partition coefficient (Wildman–Crippen LogP) is 6.67. The Morgan fingerprint density at radius 1 is 1.00 bits per heavy atom. The Morgan fingerprint density at radius 3 is 2.31 bits per heavy atom. The molecule has 0 bridgehead atoms. The van der Waals surface area contributed by atoms with Gasteiger partial charge in [0.2, 0.25) is 5.69 Å². The Morgan fingerprint density at radius 2 is 1.69 bits per heavy atom. The Bertz CT molecular complexity index is 1500. The van der Waals surface area contributed by atoms with E-state index in [9.17, 15) is 18.0 Å². The number of ether oxygens (including phenoxy) is 2. The third-order valence-corrected chi connectivity index (χ3v) is 5.47. The first-order chi connectivity index (χ1) is 16.8. The van der Waals surface area contributed by atoms with E-state index in [1.807, 2.05) is 0 Å². The van der Waals surface area contributed by atoms with Crippen LogP contribution in [0.15, 0.2) is 54.7 Å². The highest BCUT2D eigenvalue weighted by Crippen LogP contribution is 2.43. The van der Waals surface area contributed by atoms with E-state index in [1.54, 1.807) is 19.1 Å². The maximum absolute atomic E-state index is 14.8. The van der Waals surface area contributed by atoms with E-state index in [-0.39, 0.29) is 29.7 Å². The second-order valence-electron chi connectivity index (χ2n) is 7.87.